The van der Waals surface area contributed by atoms with Gasteiger partial charge in [-0.15, -0.1) is 0 Å². The number of nitrogens with zero attached hydrogens (tertiary/aromatic N) is 3. The van der Waals surface area contributed by atoms with Gasteiger partial charge in [0.25, 0.3) is 0 Å². The lowest BCUT2D eigenvalue weighted by molar-refractivity contribution is 0.621. The minimum absolute atomic E-state index is 0.106. The van der Waals surface area contributed by atoms with Crippen LogP contribution in [0.5, 0.6) is 0 Å². The molecule has 2 aromatic heterocycles. The third-order valence-corrected chi connectivity index (χ3v) is 2.46. The second-order valence-electron chi connectivity index (χ2n) is 3.88. The van der Waals surface area contributed by atoms with E-state index in [0.29, 0.717) is 11.5 Å². The number of hydrogen-bond donors (Lipinski definition) is 1. The fourth-order valence-electron chi connectivity index (χ4n) is 1.55. The Labute approximate surface area is 98.7 Å². The van der Waals surface area contributed by atoms with Gasteiger partial charge in [-0.3, -0.25) is 0 Å². The fraction of sp³-hybridized carbons (Fsp3) is 0.250. The summed E-state index contributed by atoms with van der Waals surface area (Å²) in [6.07, 6.45) is 2.83. The van der Waals surface area contributed by atoms with Crippen molar-refractivity contribution in [3.05, 3.63) is 41.6 Å². The van der Waals surface area contributed by atoms with Gasteiger partial charge in [0.2, 0.25) is 0 Å². The van der Waals surface area contributed by atoms with Gasteiger partial charge in [-0.1, -0.05) is 0 Å². The first-order chi connectivity index (χ1) is 8.08. The molecule has 0 radical (unpaired) electrons. The number of pyridine rings is 1. The largest absolute Gasteiger partial charge is 0.324 e. The second kappa shape index (κ2) is 4.55. The van der Waals surface area contributed by atoms with Crippen LogP contribution in [-0.2, 0) is 0 Å². The van der Waals surface area contributed by atoms with Crippen LogP contribution >= 0.6 is 0 Å². The summed E-state index contributed by atoms with van der Waals surface area (Å²) >= 11 is 0. The predicted molar refractivity (Wildman–Crippen MR) is 62.6 cm³/mol. The zero-order valence-electron chi connectivity index (χ0n) is 9.68. The van der Waals surface area contributed by atoms with Crippen molar-refractivity contribution in [2.45, 2.75) is 19.9 Å². The highest BCUT2D eigenvalue weighted by molar-refractivity contribution is 5.49. The molecule has 88 valence electrons. The molecule has 1 atom stereocenters. The third-order valence-electron chi connectivity index (χ3n) is 2.46. The summed E-state index contributed by atoms with van der Waals surface area (Å²) < 4.78 is 12.7. The molecule has 0 aliphatic carbocycles. The Balaban J connectivity index is 2.41. The maximum absolute atomic E-state index is 12.7. The van der Waals surface area contributed by atoms with Crippen molar-refractivity contribution < 1.29 is 4.39 Å². The van der Waals surface area contributed by atoms with Crippen molar-refractivity contribution in [1.29, 1.82) is 0 Å². The van der Waals surface area contributed by atoms with Gasteiger partial charge in [-0.05, 0) is 26.0 Å². The summed E-state index contributed by atoms with van der Waals surface area (Å²) in [5.41, 5.74) is 8.04. The maximum atomic E-state index is 12.7. The molecule has 0 bridgehead atoms. The van der Waals surface area contributed by atoms with Gasteiger partial charge in [0.15, 0.2) is 5.82 Å². The van der Waals surface area contributed by atoms with Crippen LogP contribution in [0.15, 0.2) is 24.5 Å². The summed E-state index contributed by atoms with van der Waals surface area (Å²) in [4.78, 5) is 12.4. The van der Waals surface area contributed by atoms with E-state index in [1.165, 1.54) is 6.07 Å². The molecule has 0 saturated heterocycles. The topological polar surface area (TPSA) is 64.7 Å². The molecule has 4 nitrogen and oxygen atoms in total. The van der Waals surface area contributed by atoms with Gasteiger partial charge in [-0.2, -0.15) is 0 Å². The average Bonchev–Trinajstić information content (AvgIpc) is 2.29. The molecule has 0 spiro atoms. The molecule has 17 heavy (non-hydrogen) atoms. The minimum atomic E-state index is -0.377. The predicted octanol–water partition coefficient (Wildman–Crippen LogP) is 2.01. The smallest absolute Gasteiger partial charge is 0.178 e. The molecule has 2 N–H and O–H groups in total. The number of aryl methyl sites for hydroxylation is 1. The van der Waals surface area contributed by atoms with Gasteiger partial charge >= 0.3 is 0 Å². The highest BCUT2D eigenvalue weighted by Crippen LogP contribution is 2.17. The van der Waals surface area contributed by atoms with Gasteiger partial charge in [0, 0.05) is 23.5 Å². The first-order valence-corrected chi connectivity index (χ1v) is 5.29. The molecular weight excluding hydrogens is 219 g/mol. The number of aromatic nitrogens is 3. The van der Waals surface area contributed by atoms with Gasteiger partial charge < -0.3 is 5.73 Å². The van der Waals surface area contributed by atoms with Crippen LogP contribution in [0, 0.1) is 12.7 Å². The van der Waals surface area contributed by atoms with Gasteiger partial charge in [0.1, 0.15) is 11.5 Å². The number of nitrogens with two attached hydrogens (primary N) is 1. The SMILES string of the molecule is Cc1nc(-c2ccc(F)cn2)ncc1[C@H](C)N. The van der Waals surface area contributed by atoms with Crippen LogP contribution in [0.2, 0.25) is 0 Å². The average molecular weight is 232 g/mol. The molecule has 0 aromatic carbocycles. The molecule has 0 unspecified atom stereocenters. The molecule has 2 aromatic rings. The summed E-state index contributed by atoms with van der Waals surface area (Å²) in [5, 5.41) is 0. The first-order valence-electron chi connectivity index (χ1n) is 5.29. The number of hydrogen-bond acceptors (Lipinski definition) is 4. The van der Waals surface area contributed by atoms with Crippen molar-refractivity contribution in [3.63, 3.8) is 0 Å². The first kappa shape index (κ1) is 11.6. The second-order valence-corrected chi connectivity index (χ2v) is 3.88. The lowest BCUT2D eigenvalue weighted by Gasteiger charge is -2.09. The van der Waals surface area contributed by atoms with Crippen molar-refractivity contribution in [3.8, 4) is 11.5 Å². The van der Waals surface area contributed by atoms with E-state index in [1.54, 1.807) is 12.3 Å². The number of halogens is 1. The lowest BCUT2D eigenvalue weighted by atomic mass is 10.1. The Morgan fingerprint density at radius 2 is 2.00 bits per heavy atom. The highest BCUT2D eigenvalue weighted by Gasteiger charge is 2.09. The summed E-state index contributed by atoms with van der Waals surface area (Å²) in [5.74, 6) is 0.101. The van der Waals surface area contributed by atoms with E-state index < -0.39 is 0 Å². The zero-order chi connectivity index (χ0) is 12.4. The molecule has 0 aliphatic rings. The Bertz CT molecular complexity index is 523. The van der Waals surface area contributed by atoms with Crippen LogP contribution in [0.1, 0.15) is 24.2 Å². The van der Waals surface area contributed by atoms with E-state index in [4.69, 9.17) is 5.73 Å². The van der Waals surface area contributed by atoms with Crippen molar-refractivity contribution in [2.75, 3.05) is 0 Å². The fourth-order valence-corrected chi connectivity index (χ4v) is 1.55. The van der Waals surface area contributed by atoms with Crippen molar-refractivity contribution >= 4 is 0 Å². The molecule has 5 heteroatoms. The van der Waals surface area contributed by atoms with E-state index in [1.807, 2.05) is 13.8 Å². The maximum Gasteiger partial charge on any atom is 0.178 e. The van der Waals surface area contributed by atoms with E-state index in [0.717, 1.165) is 17.5 Å². The Morgan fingerprint density at radius 3 is 2.53 bits per heavy atom. The quantitative estimate of drug-likeness (QED) is 0.860. The van der Waals surface area contributed by atoms with Crippen LogP contribution < -0.4 is 5.73 Å². The van der Waals surface area contributed by atoms with Crippen LogP contribution in [-0.4, -0.2) is 15.0 Å². The van der Waals surface area contributed by atoms with E-state index >= 15 is 0 Å². The van der Waals surface area contributed by atoms with E-state index in [9.17, 15) is 4.39 Å². The Hall–Kier alpha value is -1.88. The summed E-state index contributed by atoms with van der Waals surface area (Å²) in [6, 6.07) is 2.78. The van der Waals surface area contributed by atoms with E-state index in [2.05, 4.69) is 15.0 Å². The monoisotopic (exact) mass is 232 g/mol. The van der Waals surface area contributed by atoms with Gasteiger partial charge in [0.05, 0.1) is 6.20 Å². The van der Waals surface area contributed by atoms with E-state index in [-0.39, 0.29) is 11.9 Å². The minimum Gasteiger partial charge on any atom is -0.324 e. The molecule has 0 aliphatic heterocycles. The summed E-state index contributed by atoms with van der Waals surface area (Å²) in [6.45, 7) is 3.74. The molecule has 0 fully saturated rings. The molecule has 2 heterocycles. The molecular formula is C12H13FN4. The Morgan fingerprint density at radius 1 is 1.24 bits per heavy atom. The van der Waals surface area contributed by atoms with Crippen LogP contribution in [0.4, 0.5) is 4.39 Å². The normalized spacial score (nSPS) is 12.5. The molecule has 0 saturated carbocycles. The highest BCUT2D eigenvalue weighted by atomic mass is 19.1. The standard InChI is InChI=1S/C12H13FN4/c1-7(14)10-6-16-12(17-8(10)2)11-4-3-9(13)5-15-11/h3-7H,14H2,1-2H3/t7-/m0/s1. The zero-order valence-corrected chi connectivity index (χ0v) is 9.68. The lowest BCUT2D eigenvalue weighted by Crippen LogP contribution is -2.09. The summed E-state index contributed by atoms with van der Waals surface area (Å²) in [7, 11) is 0. The van der Waals surface area contributed by atoms with Crippen molar-refractivity contribution in [2.24, 2.45) is 5.73 Å². The molecule has 2 rings (SSSR count). The Kier molecular flexibility index (Phi) is 3.10. The van der Waals surface area contributed by atoms with Crippen LogP contribution in [0.25, 0.3) is 11.5 Å². The van der Waals surface area contributed by atoms with Crippen LogP contribution in [0.3, 0.4) is 0 Å². The van der Waals surface area contributed by atoms with Crippen molar-refractivity contribution in [1.82, 2.24) is 15.0 Å². The molecule has 0 amide bonds. The number of rotatable bonds is 2. The third kappa shape index (κ3) is 2.45. The van der Waals surface area contributed by atoms with Gasteiger partial charge in [-0.25, -0.2) is 19.3 Å².